The molecule has 3 rings (SSSR count). The first-order valence-electron chi connectivity index (χ1n) is 8.31. The van der Waals surface area contributed by atoms with Gasteiger partial charge in [0.05, 0.1) is 6.42 Å². The maximum Gasteiger partial charge on any atom is 0.323 e. The minimum atomic E-state index is -0.126. The molecule has 0 spiro atoms. The van der Waals surface area contributed by atoms with Crippen LogP contribution in [0.3, 0.4) is 0 Å². The molecule has 1 aromatic carbocycles. The van der Waals surface area contributed by atoms with Crippen molar-refractivity contribution in [2.24, 2.45) is 0 Å². The van der Waals surface area contributed by atoms with Gasteiger partial charge >= 0.3 is 5.97 Å². The van der Waals surface area contributed by atoms with Gasteiger partial charge in [0.2, 0.25) is 5.91 Å². The average molecular weight is 316 g/mol. The number of nitrogens with zero attached hydrogens (tertiary/aromatic N) is 2. The molecule has 2 aliphatic heterocycles. The number of piperazine rings is 1. The Labute approximate surface area is 137 Å². The van der Waals surface area contributed by atoms with Crippen LogP contribution in [0.5, 0.6) is 0 Å². The van der Waals surface area contributed by atoms with Crippen LogP contribution in [-0.2, 0) is 20.7 Å². The lowest BCUT2D eigenvalue weighted by molar-refractivity contribution is -0.145. The minimum Gasteiger partial charge on any atom is -0.461 e. The average Bonchev–Trinajstić information content (AvgIpc) is 2.88. The van der Waals surface area contributed by atoms with Crippen molar-refractivity contribution < 1.29 is 14.3 Å². The second kappa shape index (κ2) is 6.71. The molecule has 0 unspecified atom stereocenters. The van der Waals surface area contributed by atoms with Gasteiger partial charge in [-0.1, -0.05) is 24.3 Å². The van der Waals surface area contributed by atoms with Crippen molar-refractivity contribution in [1.82, 2.24) is 9.80 Å². The van der Waals surface area contributed by atoms with Gasteiger partial charge in [0.1, 0.15) is 12.1 Å². The van der Waals surface area contributed by atoms with E-state index in [0.717, 1.165) is 30.6 Å². The zero-order chi connectivity index (χ0) is 16.4. The summed E-state index contributed by atoms with van der Waals surface area (Å²) in [6.07, 6.45) is 1.22. The molecule has 23 heavy (non-hydrogen) atoms. The van der Waals surface area contributed by atoms with Crippen molar-refractivity contribution in [2.75, 3.05) is 26.2 Å². The van der Waals surface area contributed by atoms with Crippen LogP contribution in [0.1, 0.15) is 24.5 Å². The molecule has 5 nitrogen and oxygen atoms in total. The highest BCUT2D eigenvalue weighted by molar-refractivity contribution is 5.80. The van der Waals surface area contributed by atoms with Crippen molar-refractivity contribution in [3.63, 3.8) is 0 Å². The molecular formula is C18H24N2O3. The van der Waals surface area contributed by atoms with E-state index in [1.807, 2.05) is 43.0 Å². The molecule has 0 bridgehead atoms. The SMILES string of the molecule is Cc1ccccc1CC(=O)N1CCN([C@@H]2C[C@H](C)OC2=O)CC1. The van der Waals surface area contributed by atoms with Crippen molar-refractivity contribution in [3.8, 4) is 0 Å². The molecule has 0 aliphatic carbocycles. The topological polar surface area (TPSA) is 49.9 Å². The summed E-state index contributed by atoms with van der Waals surface area (Å²) in [6, 6.07) is 7.88. The Balaban J connectivity index is 1.54. The number of esters is 1. The summed E-state index contributed by atoms with van der Waals surface area (Å²) in [7, 11) is 0. The molecule has 0 saturated carbocycles. The third kappa shape index (κ3) is 3.55. The van der Waals surface area contributed by atoms with E-state index in [4.69, 9.17) is 4.74 Å². The quantitative estimate of drug-likeness (QED) is 0.791. The van der Waals surface area contributed by atoms with Crippen LogP contribution >= 0.6 is 0 Å². The van der Waals surface area contributed by atoms with E-state index in [1.165, 1.54) is 0 Å². The van der Waals surface area contributed by atoms with Gasteiger partial charge in [-0.2, -0.15) is 0 Å². The van der Waals surface area contributed by atoms with Crippen molar-refractivity contribution in [1.29, 1.82) is 0 Å². The van der Waals surface area contributed by atoms with E-state index in [-0.39, 0.29) is 24.0 Å². The summed E-state index contributed by atoms with van der Waals surface area (Å²) < 4.78 is 5.23. The molecule has 2 aliphatic rings. The number of benzene rings is 1. The Morgan fingerprint density at radius 3 is 2.52 bits per heavy atom. The van der Waals surface area contributed by atoms with Crippen LogP contribution in [0.2, 0.25) is 0 Å². The molecule has 1 amide bonds. The number of carbonyl (C=O) groups is 2. The third-order valence-electron chi connectivity index (χ3n) is 4.86. The number of ether oxygens (including phenoxy) is 1. The molecule has 124 valence electrons. The van der Waals surface area contributed by atoms with E-state index in [9.17, 15) is 9.59 Å². The summed E-state index contributed by atoms with van der Waals surface area (Å²) in [4.78, 5) is 28.4. The van der Waals surface area contributed by atoms with Gasteiger partial charge < -0.3 is 9.64 Å². The van der Waals surface area contributed by atoms with Crippen molar-refractivity contribution >= 4 is 11.9 Å². The van der Waals surface area contributed by atoms with E-state index < -0.39 is 0 Å². The lowest BCUT2D eigenvalue weighted by atomic mass is 10.0. The normalized spacial score (nSPS) is 25.5. The number of aryl methyl sites for hydroxylation is 1. The molecule has 0 radical (unpaired) electrons. The standard InChI is InChI=1S/C18H24N2O3/c1-13-5-3-4-6-15(13)12-17(21)20-9-7-19(8-10-20)16-11-14(2)23-18(16)22/h3-6,14,16H,7-12H2,1-2H3/t14-,16+/m0/s1. The summed E-state index contributed by atoms with van der Waals surface area (Å²) in [5, 5.41) is 0. The maximum absolute atomic E-state index is 12.5. The molecular weight excluding hydrogens is 292 g/mol. The van der Waals surface area contributed by atoms with Crippen molar-refractivity contribution in [3.05, 3.63) is 35.4 Å². The second-order valence-electron chi connectivity index (χ2n) is 6.52. The predicted octanol–water partition coefficient (Wildman–Crippen LogP) is 1.39. The monoisotopic (exact) mass is 316 g/mol. The number of hydrogen-bond acceptors (Lipinski definition) is 4. The van der Waals surface area contributed by atoms with Gasteiger partial charge in [-0.3, -0.25) is 14.5 Å². The first kappa shape index (κ1) is 16.0. The Morgan fingerprint density at radius 2 is 1.91 bits per heavy atom. The lowest BCUT2D eigenvalue weighted by Crippen LogP contribution is -2.53. The minimum absolute atomic E-state index is 0.00761. The highest BCUT2D eigenvalue weighted by atomic mass is 16.6. The van der Waals surface area contributed by atoms with E-state index in [0.29, 0.717) is 19.5 Å². The second-order valence-corrected chi connectivity index (χ2v) is 6.52. The summed E-state index contributed by atoms with van der Waals surface area (Å²) >= 11 is 0. The summed E-state index contributed by atoms with van der Waals surface area (Å²) in [5.41, 5.74) is 2.25. The molecule has 0 N–H and O–H groups in total. The Morgan fingerprint density at radius 1 is 1.22 bits per heavy atom. The zero-order valence-corrected chi connectivity index (χ0v) is 13.8. The van der Waals surface area contributed by atoms with Crippen LogP contribution in [0, 0.1) is 6.92 Å². The van der Waals surface area contributed by atoms with Crippen LogP contribution in [0.4, 0.5) is 0 Å². The molecule has 5 heteroatoms. The van der Waals surface area contributed by atoms with Crippen LogP contribution in [-0.4, -0.2) is 60.0 Å². The highest BCUT2D eigenvalue weighted by Crippen LogP contribution is 2.21. The molecule has 2 fully saturated rings. The van der Waals surface area contributed by atoms with E-state index >= 15 is 0 Å². The summed E-state index contributed by atoms with van der Waals surface area (Å²) in [5.74, 6) is 0.0542. The number of hydrogen-bond donors (Lipinski definition) is 0. The van der Waals surface area contributed by atoms with Gasteiger partial charge in [0.25, 0.3) is 0 Å². The zero-order valence-electron chi connectivity index (χ0n) is 13.8. The first-order chi connectivity index (χ1) is 11.0. The van der Waals surface area contributed by atoms with Gasteiger partial charge in [0, 0.05) is 32.6 Å². The van der Waals surface area contributed by atoms with E-state index in [1.54, 1.807) is 0 Å². The Kier molecular flexibility index (Phi) is 4.66. The van der Waals surface area contributed by atoms with Gasteiger partial charge in [-0.05, 0) is 25.0 Å². The smallest absolute Gasteiger partial charge is 0.323 e. The largest absolute Gasteiger partial charge is 0.461 e. The van der Waals surface area contributed by atoms with Crippen LogP contribution in [0.25, 0.3) is 0 Å². The first-order valence-corrected chi connectivity index (χ1v) is 8.31. The number of amides is 1. The predicted molar refractivity (Wildman–Crippen MR) is 87.0 cm³/mol. The molecule has 2 atom stereocenters. The maximum atomic E-state index is 12.5. The van der Waals surface area contributed by atoms with Crippen molar-refractivity contribution in [2.45, 2.75) is 38.8 Å². The van der Waals surface area contributed by atoms with E-state index in [2.05, 4.69) is 4.90 Å². The van der Waals surface area contributed by atoms with Crippen LogP contribution in [0.15, 0.2) is 24.3 Å². The number of carbonyl (C=O) groups excluding carboxylic acids is 2. The highest BCUT2D eigenvalue weighted by Gasteiger charge is 2.38. The van der Waals surface area contributed by atoms with Gasteiger partial charge in [0.15, 0.2) is 0 Å². The fraction of sp³-hybridized carbons (Fsp3) is 0.556. The fourth-order valence-electron chi connectivity index (χ4n) is 3.40. The van der Waals surface area contributed by atoms with Gasteiger partial charge in [-0.25, -0.2) is 0 Å². The molecule has 2 heterocycles. The fourth-order valence-corrected chi connectivity index (χ4v) is 3.40. The number of rotatable bonds is 3. The molecule has 2 saturated heterocycles. The molecule has 1 aromatic rings. The Hall–Kier alpha value is -1.88. The number of cyclic esters (lactones) is 1. The summed E-state index contributed by atoms with van der Waals surface area (Å²) in [6.45, 7) is 6.82. The van der Waals surface area contributed by atoms with Crippen LogP contribution < -0.4 is 0 Å². The third-order valence-corrected chi connectivity index (χ3v) is 4.86. The van der Waals surface area contributed by atoms with Gasteiger partial charge in [-0.15, -0.1) is 0 Å². The molecule has 0 aromatic heterocycles. The lowest BCUT2D eigenvalue weighted by Gasteiger charge is -2.36. The Bertz CT molecular complexity index is 594.